The van der Waals surface area contributed by atoms with Gasteiger partial charge in [0.2, 0.25) is 5.89 Å². The second-order valence-corrected chi connectivity index (χ2v) is 7.40. The van der Waals surface area contributed by atoms with E-state index in [2.05, 4.69) is 32.3 Å². The monoisotopic (exact) mass is 358 g/mol. The van der Waals surface area contributed by atoms with E-state index in [1.807, 2.05) is 4.90 Å². The zero-order chi connectivity index (χ0) is 18.1. The maximum absolute atomic E-state index is 12.9. The molecule has 1 atom stereocenters. The Morgan fingerprint density at radius 1 is 1.31 bits per heavy atom. The molecule has 0 unspecified atom stereocenters. The summed E-state index contributed by atoms with van der Waals surface area (Å²) in [5.41, 5.74) is 2.93. The summed E-state index contributed by atoms with van der Waals surface area (Å²) in [5.74, 6) is 1.40. The third-order valence-electron chi connectivity index (χ3n) is 5.58. The lowest BCUT2D eigenvalue weighted by molar-refractivity contribution is 0.0750. The number of likely N-dealkylation sites (tertiary alicyclic amines) is 1. The smallest absolute Gasteiger partial charge is 0.274 e. The van der Waals surface area contributed by atoms with Gasteiger partial charge in [-0.2, -0.15) is 10.1 Å². The van der Waals surface area contributed by atoms with Crippen LogP contribution in [0.4, 0.5) is 0 Å². The van der Waals surface area contributed by atoms with Crippen LogP contribution >= 0.6 is 0 Å². The topological polar surface area (TPSA) is 91.2 Å². The number of amides is 1. The number of carbonyl (C=O) groups is 1. The molecule has 2 aliphatic rings. The molecule has 1 N–H and O–H groups in total. The van der Waals surface area contributed by atoms with Crippen molar-refractivity contribution in [3.8, 4) is 0 Å². The molecule has 1 amide bonds. The fourth-order valence-corrected chi connectivity index (χ4v) is 4.13. The van der Waals surface area contributed by atoms with Crippen LogP contribution in [-0.4, -0.2) is 62.2 Å². The quantitative estimate of drug-likeness (QED) is 0.895. The van der Waals surface area contributed by atoms with Gasteiger partial charge in [0.25, 0.3) is 5.91 Å². The number of fused-ring (bicyclic) bond motifs is 1. The van der Waals surface area contributed by atoms with E-state index < -0.39 is 0 Å². The molecule has 1 aliphatic carbocycles. The van der Waals surface area contributed by atoms with Gasteiger partial charge in [-0.1, -0.05) is 5.16 Å². The maximum atomic E-state index is 12.9. The van der Waals surface area contributed by atoms with Crippen molar-refractivity contribution in [1.29, 1.82) is 0 Å². The first kappa shape index (κ1) is 17.2. The van der Waals surface area contributed by atoms with Gasteiger partial charge in [0, 0.05) is 37.3 Å². The van der Waals surface area contributed by atoms with Crippen LogP contribution in [-0.2, 0) is 19.4 Å². The minimum absolute atomic E-state index is 0.0847. The summed E-state index contributed by atoms with van der Waals surface area (Å²) in [5, 5.41) is 11.3. The Labute approximate surface area is 152 Å². The lowest BCUT2D eigenvalue weighted by Gasteiger charge is -2.26. The Balaban J connectivity index is 1.37. The third-order valence-corrected chi connectivity index (χ3v) is 5.58. The minimum atomic E-state index is 0.0847. The molecule has 2 aromatic heterocycles. The number of nitrogens with one attached hydrogen (secondary N) is 1. The van der Waals surface area contributed by atoms with Crippen LogP contribution in [0.15, 0.2) is 4.52 Å². The van der Waals surface area contributed by atoms with E-state index >= 15 is 0 Å². The molecule has 140 valence electrons. The summed E-state index contributed by atoms with van der Waals surface area (Å²) in [6.45, 7) is 4.03. The van der Waals surface area contributed by atoms with E-state index in [0.29, 0.717) is 30.0 Å². The molecule has 0 spiro atoms. The normalized spacial score (nSPS) is 20.4. The molecule has 26 heavy (non-hydrogen) atoms. The summed E-state index contributed by atoms with van der Waals surface area (Å²) in [6.07, 6.45) is 6.11. The van der Waals surface area contributed by atoms with Crippen molar-refractivity contribution in [3.05, 3.63) is 28.7 Å². The highest BCUT2D eigenvalue weighted by atomic mass is 16.5. The molecule has 0 aromatic carbocycles. The largest absolute Gasteiger partial charge is 0.340 e. The van der Waals surface area contributed by atoms with Crippen LogP contribution in [0.25, 0.3) is 0 Å². The van der Waals surface area contributed by atoms with Crippen molar-refractivity contribution in [2.75, 3.05) is 20.1 Å². The molecule has 0 radical (unpaired) electrons. The Hall–Kier alpha value is -2.22. The average molecular weight is 358 g/mol. The molecule has 3 heterocycles. The average Bonchev–Trinajstić information content (AvgIpc) is 3.27. The molecule has 1 fully saturated rings. The highest BCUT2D eigenvalue weighted by Crippen LogP contribution is 2.25. The van der Waals surface area contributed by atoms with E-state index in [1.165, 1.54) is 0 Å². The van der Waals surface area contributed by atoms with Gasteiger partial charge in [0.1, 0.15) is 0 Å². The van der Waals surface area contributed by atoms with Crippen molar-refractivity contribution in [2.24, 2.45) is 0 Å². The van der Waals surface area contributed by atoms with Gasteiger partial charge in [-0.25, -0.2) is 0 Å². The second-order valence-electron chi connectivity index (χ2n) is 7.40. The van der Waals surface area contributed by atoms with Crippen molar-refractivity contribution < 1.29 is 9.32 Å². The number of hydrogen-bond acceptors (Lipinski definition) is 6. The van der Waals surface area contributed by atoms with Crippen LogP contribution in [0, 0.1) is 6.92 Å². The number of rotatable bonds is 4. The maximum Gasteiger partial charge on any atom is 0.274 e. The number of hydrogen-bond donors (Lipinski definition) is 1. The molecule has 1 aliphatic heterocycles. The molecule has 0 saturated carbocycles. The summed E-state index contributed by atoms with van der Waals surface area (Å²) < 4.78 is 5.05. The minimum Gasteiger partial charge on any atom is -0.340 e. The van der Waals surface area contributed by atoms with Crippen LogP contribution < -0.4 is 0 Å². The van der Waals surface area contributed by atoms with E-state index in [-0.39, 0.29) is 5.91 Å². The predicted molar refractivity (Wildman–Crippen MR) is 94.7 cm³/mol. The van der Waals surface area contributed by atoms with E-state index in [1.54, 1.807) is 6.92 Å². The molecular formula is C18H26N6O2. The van der Waals surface area contributed by atoms with Crippen LogP contribution in [0.5, 0.6) is 0 Å². The number of H-pyrrole nitrogens is 1. The fourth-order valence-electron chi connectivity index (χ4n) is 4.13. The van der Waals surface area contributed by atoms with E-state index in [4.69, 9.17) is 4.52 Å². The van der Waals surface area contributed by atoms with Gasteiger partial charge in [0.05, 0.1) is 6.54 Å². The van der Waals surface area contributed by atoms with Gasteiger partial charge < -0.3 is 9.42 Å². The fraction of sp³-hybridized carbons (Fsp3) is 0.667. The number of aromatic amines is 1. The molecule has 8 heteroatoms. The predicted octanol–water partition coefficient (Wildman–Crippen LogP) is 1.72. The zero-order valence-corrected chi connectivity index (χ0v) is 15.5. The van der Waals surface area contributed by atoms with Crippen molar-refractivity contribution in [3.63, 3.8) is 0 Å². The summed E-state index contributed by atoms with van der Waals surface area (Å²) in [7, 11) is 2.09. The number of nitrogens with zero attached hydrogens (tertiary/aromatic N) is 5. The SMILES string of the molecule is Cc1nc(CN(C)[C@H]2CCCN(C(=O)c3n[nH]c4c3CCC4)CC2)no1. The first-order valence-corrected chi connectivity index (χ1v) is 9.46. The van der Waals surface area contributed by atoms with Crippen molar-refractivity contribution >= 4 is 5.91 Å². The molecule has 8 nitrogen and oxygen atoms in total. The lowest BCUT2D eigenvalue weighted by Crippen LogP contribution is -2.35. The first-order valence-electron chi connectivity index (χ1n) is 9.46. The van der Waals surface area contributed by atoms with Crippen LogP contribution in [0.2, 0.25) is 0 Å². The van der Waals surface area contributed by atoms with Crippen LogP contribution in [0.3, 0.4) is 0 Å². The lowest BCUT2D eigenvalue weighted by atomic mass is 10.1. The Kier molecular flexibility index (Phi) is 4.76. The first-order chi connectivity index (χ1) is 12.6. The Morgan fingerprint density at radius 2 is 2.19 bits per heavy atom. The van der Waals surface area contributed by atoms with Crippen molar-refractivity contribution in [2.45, 2.75) is 58.0 Å². The van der Waals surface area contributed by atoms with E-state index in [9.17, 15) is 4.79 Å². The summed E-state index contributed by atoms with van der Waals surface area (Å²) >= 11 is 0. The molecule has 1 saturated heterocycles. The Bertz CT molecular complexity index is 782. The van der Waals surface area contributed by atoms with Gasteiger partial charge in [-0.05, 0) is 45.6 Å². The number of aromatic nitrogens is 4. The molecule has 4 rings (SSSR count). The highest BCUT2D eigenvalue weighted by molar-refractivity contribution is 5.94. The number of aryl methyl sites for hydroxylation is 2. The standard InChI is InChI=1S/C18H26N6O2/c1-12-19-16(22-26-12)11-23(2)13-5-4-9-24(10-8-13)18(25)17-14-6-3-7-15(14)20-21-17/h13H,3-11H2,1-2H3,(H,20,21)/t13-/m0/s1. The van der Waals surface area contributed by atoms with Crippen molar-refractivity contribution in [1.82, 2.24) is 30.1 Å². The van der Waals surface area contributed by atoms with Gasteiger partial charge in [-0.15, -0.1) is 0 Å². The third kappa shape index (κ3) is 3.38. The Morgan fingerprint density at radius 3 is 3.00 bits per heavy atom. The highest BCUT2D eigenvalue weighted by Gasteiger charge is 2.29. The molecule has 0 bridgehead atoms. The zero-order valence-electron chi connectivity index (χ0n) is 15.5. The summed E-state index contributed by atoms with van der Waals surface area (Å²) in [6, 6.07) is 0.413. The molecular weight excluding hydrogens is 332 g/mol. The number of carbonyl (C=O) groups excluding carboxylic acids is 1. The van der Waals surface area contributed by atoms with E-state index in [0.717, 1.165) is 62.9 Å². The molecule has 2 aromatic rings. The van der Waals surface area contributed by atoms with Gasteiger partial charge in [-0.3, -0.25) is 14.8 Å². The summed E-state index contributed by atoms with van der Waals surface area (Å²) in [4.78, 5) is 21.5. The van der Waals surface area contributed by atoms with Gasteiger partial charge in [0.15, 0.2) is 11.5 Å². The van der Waals surface area contributed by atoms with Crippen LogP contribution in [0.1, 0.15) is 59.1 Å². The second kappa shape index (κ2) is 7.19. The van der Waals surface area contributed by atoms with Gasteiger partial charge >= 0.3 is 0 Å².